The first-order valence-electron chi connectivity index (χ1n) is 7.05. The van der Waals surface area contributed by atoms with Gasteiger partial charge in [0.25, 0.3) is 0 Å². The van der Waals surface area contributed by atoms with Crippen molar-refractivity contribution in [2.24, 2.45) is 11.8 Å². The number of piperazine rings is 1. The maximum atomic E-state index is 3.67. The van der Waals surface area contributed by atoms with E-state index >= 15 is 0 Å². The molecule has 0 radical (unpaired) electrons. The lowest BCUT2D eigenvalue weighted by Gasteiger charge is -2.41. The van der Waals surface area contributed by atoms with Crippen molar-refractivity contribution >= 4 is 0 Å². The molecular weight excluding hydrogens is 196 g/mol. The Morgan fingerprint density at radius 2 is 1.88 bits per heavy atom. The topological polar surface area (TPSA) is 15.3 Å². The maximum absolute atomic E-state index is 3.67. The third kappa shape index (κ3) is 3.74. The van der Waals surface area contributed by atoms with Gasteiger partial charge in [0, 0.05) is 31.7 Å². The first-order chi connectivity index (χ1) is 7.58. The number of hydrogen-bond donors (Lipinski definition) is 1. The Morgan fingerprint density at radius 3 is 2.38 bits per heavy atom. The predicted octanol–water partition coefficient (Wildman–Crippen LogP) is 2.74. The van der Waals surface area contributed by atoms with E-state index in [0.29, 0.717) is 12.1 Å². The van der Waals surface area contributed by atoms with Gasteiger partial charge in [-0.15, -0.1) is 0 Å². The van der Waals surface area contributed by atoms with Crippen LogP contribution >= 0.6 is 0 Å². The summed E-state index contributed by atoms with van der Waals surface area (Å²) in [5.74, 6) is 1.63. The molecule has 1 rings (SSSR count). The molecule has 0 aromatic carbocycles. The van der Waals surface area contributed by atoms with Crippen LogP contribution in [-0.4, -0.2) is 36.6 Å². The molecule has 1 saturated heterocycles. The zero-order valence-electron chi connectivity index (χ0n) is 11.8. The molecule has 0 aromatic heterocycles. The highest BCUT2D eigenvalue weighted by molar-refractivity contribution is 4.86. The first-order valence-corrected chi connectivity index (χ1v) is 7.05. The molecular formula is C14H30N2. The van der Waals surface area contributed by atoms with Crippen LogP contribution in [-0.2, 0) is 0 Å². The lowest BCUT2D eigenvalue weighted by atomic mass is 9.96. The van der Waals surface area contributed by atoms with Crippen LogP contribution in [0.15, 0.2) is 0 Å². The van der Waals surface area contributed by atoms with E-state index in [-0.39, 0.29) is 0 Å². The van der Waals surface area contributed by atoms with E-state index in [2.05, 4.69) is 44.8 Å². The van der Waals surface area contributed by atoms with Gasteiger partial charge in [-0.1, -0.05) is 40.5 Å². The van der Waals surface area contributed by atoms with Crippen LogP contribution in [0.25, 0.3) is 0 Å². The van der Waals surface area contributed by atoms with Gasteiger partial charge >= 0.3 is 0 Å². The van der Waals surface area contributed by atoms with Crippen molar-refractivity contribution in [3.63, 3.8) is 0 Å². The molecule has 0 amide bonds. The molecule has 1 N–H and O–H groups in total. The van der Waals surface area contributed by atoms with E-state index in [9.17, 15) is 0 Å². The Kier molecular flexibility index (Phi) is 5.77. The van der Waals surface area contributed by atoms with Crippen molar-refractivity contribution in [2.45, 2.75) is 59.5 Å². The zero-order chi connectivity index (χ0) is 12.1. The minimum absolute atomic E-state index is 0.686. The quantitative estimate of drug-likeness (QED) is 0.775. The highest BCUT2D eigenvalue weighted by Crippen LogP contribution is 2.17. The average Bonchev–Trinajstić information content (AvgIpc) is 2.27. The van der Waals surface area contributed by atoms with Gasteiger partial charge in [0.05, 0.1) is 0 Å². The second-order valence-corrected chi connectivity index (χ2v) is 5.74. The molecule has 2 unspecified atom stereocenters. The zero-order valence-corrected chi connectivity index (χ0v) is 11.8. The molecule has 16 heavy (non-hydrogen) atoms. The van der Waals surface area contributed by atoms with Crippen molar-refractivity contribution in [3.05, 3.63) is 0 Å². The lowest BCUT2D eigenvalue weighted by molar-refractivity contribution is 0.103. The van der Waals surface area contributed by atoms with Crippen LogP contribution in [0.1, 0.15) is 47.5 Å². The van der Waals surface area contributed by atoms with E-state index in [4.69, 9.17) is 0 Å². The average molecular weight is 226 g/mol. The fourth-order valence-electron chi connectivity index (χ4n) is 2.53. The largest absolute Gasteiger partial charge is 0.311 e. The second-order valence-electron chi connectivity index (χ2n) is 5.74. The molecule has 0 aliphatic carbocycles. The van der Waals surface area contributed by atoms with Gasteiger partial charge in [0.15, 0.2) is 0 Å². The number of nitrogens with one attached hydrogen (secondary N) is 1. The molecule has 2 heteroatoms. The van der Waals surface area contributed by atoms with Crippen LogP contribution in [0.3, 0.4) is 0 Å². The molecule has 0 bridgehead atoms. The van der Waals surface area contributed by atoms with Gasteiger partial charge in [-0.2, -0.15) is 0 Å². The SMILES string of the molecule is CCC(CC)CN1CC(C(C)C)NCC1C. The van der Waals surface area contributed by atoms with Gasteiger partial charge in [0.2, 0.25) is 0 Å². The molecule has 1 heterocycles. The predicted molar refractivity (Wildman–Crippen MR) is 71.7 cm³/mol. The minimum atomic E-state index is 0.686. The van der Waals surface area contributed by atoms with Crippen molar-refractivity contribution < 1.29 is 0 Å². The molecule has 96 valence electrons. The number of hydrogen-bond acceptors (Lipinski definition) is 2. The van der Waals surface area contributed by atoms with E-state index in [1.807, 2.05) is 0 Å². The Labute approximate surface area is 102 Å². The van der Waals surface area contributed by atoms with Gasteiger partial charge in [-0.05, 0) is 18.8 Å². The highest BCUT2D eigenvalue weighted by atomic mass is 15.2. The first kappa shape index (κ1) is 14.0. The third-order valence-electron chi connectivity index (χ3n) is 4.18. The lowest BCUT2D eigenvalue weighted by Crippen LogP contribution is -2.57. The Bertz CT molecular complexity index is 185. The monoisotopic (exact) mass is 226 g/mol. The molecule has 2 atom stereocenters. The molecule has 1 aliphatic heterocycles. The summed E-state index contributed by atoms with van der Waals surface area (Å²) in [4.78, 5) is 2.69. The Hall–Kier alpha value is -0.0800. The number of nitrogens with zero attached hydrogens (tertiary/aromatic N) is 1. The number of rotatable bonds is 5. The summed E-state index contributed by atoms with van der Waals surface area (Å²) in [6.07, 6.45) is 2.64. The van der Waals surface area contributed by atoms with Gasteiger partial charge in [-0.25, -0.2) is 0 Å². The van der Waals surface area contributed by atoms with E-state index in [0.717, 1.165) is 18.4 Å². The van der Waals surface area contributed by atoms with Gasteiger partial charge in [-0.3, -0.25) is 4.90 Å². The van der Waals surface area contributed by atoms with Crippen molar-refractivity contribution in [1.82, 2.24) is 10.2 Å². The van der Waals surface area contributed by atoms with Crippen molar-refractivity contribution in [2.75, 3.05) is 19.6 Å². The van der Waals surface area contributed by atoms with Crippen LogP contribution in [0, 0.1) is 11.8 Å². The molecule has 1 fully saturated rings. The van der Waals surface area contributed by atoms with E-state index < -0.39 is 0 Å². The summed E-state index contributed by atoms with van der Waals surface area (Å²) in [6.45, 7) is 15.3. The van der Waals surface area contributed by atoms with Crippen LogP contribution < -0.4 is 5.32 Å². The highest BCUT2D eigenvalue weighted by Gasteiger charge is 2.27. The molecule has 2 nitrogen and oxygen atoms in total. The standard InChI is InChI=1S/C14H30N2/c1-6-13(7-2)9-16-10-14(11(3)4)15-8-12(16)5/h11-15H,6-10H2,1-5H3. The van der Waals surface area contributed by atoms with Crippen LogP contribution in [0.2, 0.25) is 0 Å². The maximum Gasteiger partial charge on any atom is 0.0218 e. The van der Waals surface area contributed by atoms with Crippen LogP contribution in [0.4, 0.5) is 0 Å². The summed E-state index contributed by atoms with van der Waals surface area (Å²) in [5.41, 5.74) is 0. The van der Waals surface area contributed by atoms with E-state index in [1.54, 1.807) is 0 Å². The molecule has 1 aliphatic rings. The van der Waals surface area contributed by atoms with Crippen molar-refractivity contribution in [1.29, 1.82) is 0 Å². The van der Waals surface area contributed by atoms with E-state index in [1.165, 1.54) is 25.9 Å². The summed E-state index contributed by atoms with van der Waals surface area (Å²) in [5, 5.41) is 3.67. The van der Waals surface area contributed by atoms with Crippen LogP contribution in [0.5, 0.6) is 0 Å². The fraction of sp³-hybridized carbons (Fsp3) is 1.00. The molecule has 0 spiro atoms. The molecule has 0 saturated carbocycles. The Balaban J connectivity index is 2.49. The Morgan fingerprint density at radius 1 is 1.25 bits per heavy atom. The van der Waals surface area contributed by atoms with Crippen molar-refractivity contribution in [3.8, 4) is 0 Å². The van der Waals surface area contributed by atoms with Gasteiger partial charge < -0.3 is 5.32 Å². The third-order valence-corrected chi connectivity index (χ3v) is 4.18. The minimum Gasteiger partial charge on any atom is -0.311 e. The molecule has 0 aromatic rings. The van der Waals surface area contributed by atoms with Gasteiger partial charge in [0.1, 0.15) is 0 Å². The fourth-order valence-corrected chi connectivity index (χ4v) is 2.53. The summed E-state index contributed by atoms with van der Waals surface area (Å²) >= 11 is 0. The second kappa shape index (κ2) is 6.61. The summed E-state index contributed by atoms with van der Waals surface area (Å²) in [6, 6.07) is 1.39. The summed E-state index contributed by atoms with van der Waals surface area (Å²) < 4.78 is 0. The normalized spacial score (nSPS) is 27.9. The smallest absolute Gasteiger partial charge is 0.0218 e. The summed E-state index contributed by atoms with van der Waals surface area (Å²) in [7, 11) is 0.